The lowest BCUT2D eigenvalue weighted by Gasteiger charge is -2.29. The van der Waals surface area contributed by atoms with Crippen LogP contribution < -0.4 is 10.1 Å². The molecule has 2 atom stereocenters. The van der Waals surface area contributed by atoms with Crippen molar-refractivity contribution in [1.82, 2.24) is 5.32 Å². The second kappa shape index (κ2) is 7.87. The average Bonchev–Trinajstić information content (AvgIpc) is 2.39. The van der Waals surface area contributed by atoms with Crippen LogP contribution in [-0.4, -0.2) is 31.9 Å². The van der Waals surface area contributed by atoms with E-state index in [-0.39, 0.29) is 17.7 Å². The van der Waals surface area contributed by atoms with Crippen molar-refractivity contribution in [2.45, 2.75) is 51.4 Å². The van der Waals surface area contributed by atoms with Crippen LogP contribution in [0.15, 0.2) is 24.3 Å². The maximum absolute atomic E-state index is 5.97. The number of likely N-dealkylation sites (N-methyl/N-ethyl adjacent to an activating group) is 1. The van der Waals surface area contributed by atoms with Gasteiger partial charge in [0.25, 0.3) is 0 Å². The van der Waals surface area contributed by atoms with Crippen LogP contribution in [-0.2, 0) is 4.74 Å². The molecule has 1 rings (SSSR count). The standard InChI is InChI=1S/C16H26ClNO2/c1-12(20-14-8-6-7-13(17)11-14)15(18-4)9-10-16(2,3)19-5/h6-8,11-12,15,18H,9-10H2,1-5H3. The molecule has 114 valence electrons. The fraction of sp³-hybridized carbons (Fsp3) is 0.625. The summed E-state index contributed by atoms with van der Waals surface area (Å²) in [4.78, 5) is 0. The lowest BCUT2D eigenvalue weighted by Crippen LogP contribution is -2.41. The summed E-state index contributed by atoms with van der Waals surface area (Å²) in [6.45, 7) is 6.27. The minimum atomic E-state index is -0.106. The van der Waals surface area contributed by atoms with Gasteiger partial charge in [-0.25, -0.2) is 0 Å². The van der Waals surface area contributed by atoms with Crippen LogP contribution in [0.3, 0.4) is 0 Å². The third-order valence-corrected chi connectivity index (χ3v) is 3.90. The molecule has 0 aliphatic rings. The first-order valence-electron chi connectivity index (χ1n) is 7.02. The van der Waals surface area contributed by atoms with Crippen LogP contribution in [0.1, 0.15) is 33.6 Å². The number of ether oxygens (including phenoxy) is 2. The SMILES string of the molecule is CNC(CCC(C)(C)OC)C(C)Oc1cccc(Cl)c1. The maximum atomic E-state index is 5.97. The summed E-state index contributed by atoms with van der Waals surface area (Å²) in [5.74, 6) is 0.802. The van der Waals surface area contributed by atoms with Crippen LogP contribution >= 0.6 is 11.6 Å². The number of methoxy groups -OCH3 is 1. The van der Waals surface area contributed by atoms with E-state index in [0.29, 0.717) is 5.02 Å². The van der Waals surface area contributed by atoms with Gasteiger partial charge in [0.15, 0.2) is 0 Å². The molecule has 0 spiro atoms. The van der Waals surface area contributed by atoms with Gasteiger partial charge in [-0.1, -0.05) is 17.7 Å². The van der Waals surface area contributed by atoms with Crippen LogP contribution in [0.5, 0.6) is 5.75 Å². The van der Waals surface area contributed by atoms with E-state index in [2.05, 4.69) is 26.1 Å². The molecular weight excluding hydrogens is 274 g/mol. The lowest BCUT2D eigenvalue weighted by molar-refractivity contribution is 0.00859. The number of rotatable bonds is 8. The predicted octanol–water partition coefficient (Wildman–Crippen LogP) is 3.90. The summed E-state index contributed by atoms with van der Waals surface area (Å²) in [6, 6.07) is 7.77. The van der Waals surface area contributed by atoms with Gasteiger partial charge < -0.3 is 14.8 Å². The zero-order valence-electron chi connectivity index (χ0n) is 13.1. The van der Waals surface area contributed by atoms with Gasteiger partial charge in [-0.3, -0.25) is 0 Å². The molecule has 0 saturated heterocycles. The molecule has 1 aromatic rings. The number of nitrogens with one attached hydrogen (secondary N) is 1. The Kier molecular flexibility index (Phi) is 6.80. The van der Waals surface area contributed by atoms with Crippen molar-refractivity contribution in [1.29, 1.82) is 0 Å². The van der Waals surface area contributed by atoms with E-state index in [1.54, 1.807) is 7.11 Å². The molecule has 0 bridgehead atoms. The van der Waals surface area contributed by atoms with Crippen molar-refractivity contribution < 1.29 is 9.47 Å². The minimum absolute atomic E-state index is 0.0612. The van der Waals surface area contributed by atoms with Gasteiger partial charge >= 0.3 is 0 Å². The summed E-state index contributed by atoms with van der Waals surface area (Å²) in [7, 11) is 3.71. The van der Waals surface area contributed by atoms with Gasteiger partial charge in [0.1, 0.15) is 11.9 Å². The molecule has 3 nitrogen and oxygen atoms in total. The Morgan fingerprint density at radius 3 is 2.60 bits per heavy atom. The highest BCUT2D eigenvalue weighted by Crippen LogP contribution is 2.22. The first-order chi connectivity index (χ1) is 9.38. The molecule has 0 aromatic heterocycles. The van der Waals surface area contributed by atoms with Gasteiger partial charge in [-0.05, 0) is 58.9 Å². The van der Waals surface area contributed by atoms with E-state index in [9.17, 15) is 0 Å². The van der Waals surface area contributed by atoms with E-state index in [0.717, 1.165) is 18.6 Å². The molecule has 0 saturated carbocycles. The second-order valence-corrected chi connectivity index (χ2v) is 6.11. The molecule has 20 heavy (non-hydrogen) atoms. The summed E-state index contributed by atoms with van der Waals surface area (Å²) >= 11 is 5.97. The monoisotopic (exact) mass is 299 g/mol. The second-order valence-electron chi connectivity index (χ2n) is 5.68. The van der Waals surface area contributed by atoms with E-state index >= 15 is 0 Å². The van der Waals surface area contributed by atoms with Crippen LogP contribution in [0.2, 0.25) is 5.02 Å². The summed E-state index contributed by atoms with van der Waals surface area (Å²) in [6.07, 6.45) is 2.02. The Morgan fingerprint density at radius 1 is 1.35 bits per heavy atom. The molecule has 0 aliphatic carbocycles. The zero-order valence-corrected chi connectivity index (χ0v) is 13.8. The third-order valence-electron chi connectivity index (χ3n) is 3.67. The number of hydrogen-bond donors (Lipinski definition) is 1. The van der Waals surface area contributed by atoms with Crippen molar-refractivity contribution in [3.63, 3.8) is 0 Å². The molecule has 0 aliphatic heterocycles. The molecule has 1 N–H and O–H groups in total. The Bertz CT molecular complexity index is 409. The summed E-state index contributed by atoms with van der Waals surface area (Å²) in [5, 5.41) is 4.01. The van der Waals surface area contributed by atoms with Gasteiger partial charge in [0.05, 0.1) is 5.60 Å². The topological polar surface area (TPSA) is 30.5 Å². The minimum Gasteiger partial charge on any atom is -0.489 e. The molecule has 0 amide bonds. The van der Waals surface area contributed by atoms with Crippen LogP contribution in [0.25, 0.3) is 0 Å². The molecule has 0 radical (unpaired) electrons. The highest BCUT2D eigenvalue weighted by atomic mass is 35.5. The van der Waals surface area contributed by atoms with Crippen molar-refractivity contribution >= 4 is 11.6 Å². The van der Waals surface area contributed by atoms with E-state index in [1.165, 1.54) is 0 Å². The molecular formula is C16H26ClNO2. The Labute approximate surface area is 127 Å². The fourth-order valence-electron chi connectivity index (χ4n) is 2.06. The smallest absolute Gasteiger partial charge is 0.121 e. The Hall–Kier alpha value is -0.770. The summed E-state index contributed by atoms with van der Waals surface area (Å²) < 4.78 is 11.4. The number of halogens is 1. The molecule has 0 fully saturated rings. The quantitative estimate of drug-likeness (QED) is 0.790. The van der Waals surface area contributed by atoms with Crippen LogP contribution in [0.4, 0.5) is 0 Å². The van der Waals surface area contributed by atoms with Gasteiger partial charge in [0, 0.05) is 18.2 Å². The lowest BCUT2D eigenvalue weighted by atomic mass is 9.96. The van der Waals surface area contributed by atoms with E-state index in [4.69, 9.17) is 21.1 Å². The largest absolute Gasteiger partial charge is 0.489 e. The maximum Gasteiger partial charge on any atom is 0.121 e. The molecule has 2 unspecified atom stereocenters. The Balaban J connectivity index is 2.56. The molecule has 1 aromatic carbocycles. The number of hydrogen-bond acceptors (Lipinski definition) is 3. The highest BCUT2D eigenvalue weighted by molar-refractivity contribution is 6.30. The van der Waals surface area contributed by atoms with Crippen molar-refractivity contribution in [2.75, 3.05) is 14.2 Å². The van der Waals surface area contributed by atoms with E-state index in [1.807, 2.05) is 31.3 Å². The average molecular weight is 300 g/mol. The van der Waals surface area contributed by atoms with E-state index < -0.39 is 0 Å². The first-order valence-corrected chi connectivity index (χ1v) is 7.40. The molecule has 0 heterocycles. The Morgan fingerprint density at radius 2 is 2.05 bits per heavy atom. The highest BCUT2D eigenvalue weighted by Gasteiger charge is 2.22. The fourth-order valence-corrected chi connectivity index (χ4v) is 2.24. The van der Waals surface area contributed by atoms with Gasteiger partial charge in [-0.2, -0.15) is 0 Å². The van der Waals surface area contributed by atoms with Gasteiger partial charge in [0.2, 0.25) is 0 Å². The summed E-state index contributed by atoms with van der Waals surface area (Å²) in [5.41, 5.74) is -0.106. The zero-order chi connectivity index (χ0) is 15.2. The van der Waals surface area contributed by atoms with Crippen molar-refractivity contribution in [3.8, 4) is 5.75 Å². The van der Waals surface area contributed by atoms with Crippen LogP contribution in [0, 0.1) is 0 Å². The van der Waals surface area contributed by atoms with Crippen molar-refractivity contribution in [3.05, 3.63) is 29.3 Å². The predicted molar refractivity (Wildman–Crippen MR) is 84.7 cm³/mol. The molecule has 4 heteroatoms. The first kappa shape index (κ1) is 17.3. The van der Waals surface area contributed by atoms with Gasteiger partial charge in [-0.15, -0.1) is 0 Å². The third kappa shape index (κ3) is 5.70. The van der Waals surface area contributed by atoms with Crippen molar-refractivity contribution in [2.24, 2.45) is 0 Å². The normalized spacial score (nSPS) is 14.9. The number of benzene rings is 1.